The molecule has 2 heterocycles. The highest BCUT2D eigenvalue weighted by Gasteiger charge is 1.91. The van der Waals surface area contributed by atoms with Crippen LogP contribution in [0.15, 0.2) is 42.6 Å². The van der Waals surface area contributed by atoms with Crippen molar-refractivity contribution in [3.05, 3.63) is 42.6 Å². The summed E-state index contributed by atoms with van der Waals surface area (Å²) in [6.45, 7) is 4.56. The fraction of sp³-hybridized carbons (Fsp3) is 0.308. The Hall–Kier alpha value is -1.45. The summed E-state index contributed by atoms with van der Waals surface area (Å²) in [4.78, 5) is 4.18. The summed E-state index contributed by atoms with van der Waals surface area (Å²) in [7, 11) is 0. The number of nitrogens with zero attached hydrogens (tertiary/aromatic N) is 1. The maximum absolute atomic E-state index is 4.18. The molecular weight excluding hydrogens is 198 g/mol. The van der Waals surface area contributed by atoms with Crippen molar-refractivity contribution in [2.45, 2.75) is 0 Å². The molecule has 0 bridgehead atoms. The zero-order valence-electron chi connectivity index (χ0n) is 9.32. The lowest BCUT2D eigenvalue weighted by molar-refractivity contribution is 0.534. The predicted octanol–water partition coefficient (Wildman–Crippen LogP) is 1.41. The van der Waals surface area contributed by atoms with E-state index in [1.807, 2.05) is 30.5 Å². The molecule has 84 valence electrons. The lowest BCUT2D eigenvalue weighted by atomic mass is 10.2. The zero-order valence-corrected chi connectivity index (χ0v) is 9.32. The van der Waals surface area contributed by atoms with Crippen LogP contribution in [0.5, 0.6) is 0 Å². The van der Waals surface area contributed by atoms with Gasteiger partial charge in [0.15, 0.2) is 0 Å². The summed E-state index contributed by atoms with van der Waals surface area (Å²) in [6.07, 6.45) is 1.81. The normalized spacial score (nSPS) is 15.2. The first-order valence-corrected chi connectivity index (χ1v) is 5.68. The molecule has 0 aliphatic carbocycles. The zero-order chi connectivity index (χ0) is 11.1. The molecule has 1 fully saturated rings. The molecule has 1 aliphatic heterocycles. The van der Waals surface area contributed by atoms with Crippen LogP contribution in [0, 0.1) is 0 Å². The van der Waals surface area contributed by atoms with Crippen molar-refractivity contribution < 1.29 is 0 Å². The van der Waals surface area contributed by atoms with E-state index in [1.54, 1.807) is 0 Å². The van der Waals surface area contributed by atoms with E-state index < -0.39 is 0 Å². The molecule has 0 spiro atoms. The first-order valence-electron chi connectivity index (χ1n) is 5.68. The van der Waals surface area contributed by atoms with Crippen molar-refractivity contribution in [1.82, 2.24) is 15.6 Å². The molecule has 1 aromatic heterocycles. The monoisotopic (exact) mass is 215 g/mol. The second-order valence-corrected chi connectivity index (χ2v) is 3.70. The molecule has 0 amide bonds. The maximum Gasteiger partial charge on any atom is 0.0701 e. The third-order valence-electron chi connectivity index (χ3n) is 2.47. The van der Waals surface area contributed by atoms with Gasteiger partial charge in [0.2, 0.25) is 0 Å². The summed E-state index contributed by atoms with van der Waals surface area (Å²) in [5.74, 6) is 0. The number of piperazine rings is 1. The summed E-state index contributed by atoms with van der Waals surface area (Å²) < 4.78 is 0. The predicted molar refractivity (Wildman–Crippen MR) is 67.5 cm³/mol. The van der Waals surface area contributed by atoms with Crippen molar-refractivity contribution in [2.24, 2.45) is 0 Å². The molecule has 0 radical (unpaired) electrons. The maximum atomic E-state index is 4.18. The Morgan fingerprint density at radius 1 is 0.812 bits per heavy atom. The van der Waals surface area contributed by atoms with E-state index in [4.69, 9.17) is 0 Å². The van der Waals surface area contributed by atoms with Gasteiger partial charge < -0.3 is 10.6 Å². The molecule has 2 N–H and O–H groups in total. The number of aromatic nitrogens is 1. The number of pyridine rings is 1. The second kappa shape index (κ2) is 6.20. The number of fused-ring (bicyclic) bond motifs is 1. The average molecular weight is 215 g/mol. The van der Waals surface area contributed by atoms with E-state index in [0.29, 0.717) is 0 Å². The number of benzene rings is 1. The molecule has 0 unspecified atom stereocenters. The molecule has 0 atom stereocenters. The fourth-order valence-electron chi connectivity index (χ4n) is 1.62. The van der Waals surface area contributed by atoms with Crippen LogP contribution >= 0.6 is 0 Å². The first kappa shape index (κ1) is 11.0. The van der Waals surface area contributed by atoms with Gasteiger partial charge in [0, 0.05) is 37.8 Å². The molecule has 3 heteroatoms. The number of hydrogen-bond donors (Lipinski definition) is 2. The van der Waals surface area contributed by atoms with Gasteiger partial charge in [-0.2, -0.15) is 0 Å². The number of para-hydroxylation sites is 1. The topological polar surface area (TPSA) is 37.0 Å². The summed E-state index contributed by atoms with van der Waals surface area (Å²) in [5, 5.41) is 7.64. The van der Waals surface area contributed by atoms with Crippen LogP contribution in [0.1, 0.15) is 0 Å². The van der Waals surface area contributed by atoms with Gasteiger partial charge in [-0.3, -0.25) is 4.98 Å². The summed E-state index contributed by atoms with van der Waals surface area (Å²) in [6, 6.07) is 12.1. The Labute approximate surface area is 95.9 Å². The minimum absolute atomic E-state index is 1.06. The SMILES string of the molecule is C1CNCCN1.c1ccc2ncccc2c1. The fourth-order valence-corrected chi connectivity index (χ4v) is 1.62. The van der Waals surface area contributed by atoms with Gasteiger partial charge >= 0.3 is 0 Å². The van der Waals surface area contributed by atoms with Crippen molar-refractivity contribution in [1.29, 1.82) is 0 Å². The summed E-state index contributed by atoms with van der Waals surface area (Å²) >= 11 is 0. The van der Waals surface area contributed by atoms with Crippen molar-refractivity contribution in [3.8, 4) is 0 Å². The minimum Gasteiger partial charge on any atom is -0.314 e. The van der Waals surface area contributed by atoms with Crippen LogP contribution in [0.4, 0.5) is 0 Å². The van der Waals surface area contributed by atoms with Gasteiger partial charge in [0.1, 0.15) is 0 Å². The average Bonchev–Trinajstić information content (AvgIpc) is 2.42. The summed E-state index contributed by atoms with van der Waals surface area (Å²) in [5.41, 5.74) is 1.06. The van der Waals surface area contributed by atoms with Crippen LogP contribution in [0.3, 0.4) is 0 Å². The van der Waals surface area contributed by atoms with Crippen LogP contribution in [-0.2, 0) is 0 Å². The van der Waals surface area contributed by atoms with Crippen molar-refractivity contribution >= 4 is 10.9 Å². The lowest BCUT2D eigenvalue weighted by Crippen LogP contribution is -2.39. The van der Waals surface area contributed by atoms with Crippen molar-refractivity contribution in [2.75, 3.05) is 26.2 Å². The Morgan fingerprint density at radius 2 is 1.44 bits per heavy atom. The third kappa shape index (κ3) is 3.29. The highest BCUT2D eigenvalue weighted by atomic mass is 15.0. The van der Waals surface area contributed by atoms with Gasteiger partial charge in [0.25, 0.3) is 0 Å². The Kier molecular flexibility index (Phi) is 4.28. The van der Waals surface area contributed by atoms with Gasteiger partial charge in [-0.05, 0) is 12.1 Å². The van der Waals surface area contributed by atoms with E-state index in [-0.39, 0.29) is 0 Å². The standard InChI is InChI=1S/C9H7N.C4H10N2/c1-2-6-9-8(4-1)5-3-7-10-9;1-2-6-4-3-5-1/h1-7H;5-6H,1-4H2. The number of hydrogen-bond acceptors (Lipinski definition) is 3. The molecular formula is C13H17N3. The number of rotatable bonds is 0. The lowest BCUT2D eigenvalue weighted by Gasteiger charge is -2.11. The van der Waals surface area contributed by atoms with Gasteiger partial charge in [-0.15, -0.1) is 0 Å². The molecule has 1 saturated heterocycles. The van der Waals surface area contributed by atoms with Gasteiger partial charge in [-0.1, -0.05) is 24.3 Å². The van der Waals surface area contributed by atoms with E-state index in [0.717, 1.165) is 31.7 Å². The Balaban J connectivity index is 0.000000138. The van der Waals surface area contributed by atoms with E-state index in [2.05, 4.69) is 27.8 Å². The van der Waals surface area contributed by atoms with Crippen LogP contribution < -0.4 is 10.6 Å². The molecule has 1 aromatic carbocycles. The van der Waals surface area contributed by atoms with Gasteiger partial charge in [-0.25, -0.2) is 0 Å². The van der Waals surface area contributed by atoms with Crippen LogP contribution in [-0.4, -0.2) is 31.2 Å². The smallest absolute Gasteiger partial charge is 0.0701 e. The highest BCUT2D eigenvalue weighted by molar-refractivity contribution is 5.77. The van der Waals surface area contributed by atoms with Gasteiger partial charge in [0.05, 0.1) is 5.52 Å². The Morgan fingerprint density at radius 3 is 2.06 bits per heavy atom. The van der Waals surface area contributed by atoms with E-state index >= 15 is 0 Å². The second-order valence-electron chi connectivity index (χ2n) is 3.70. The molecule has 2 aromatic rings. The van der Waals surface area contributed by atoms with Crippen molar-refractivity contribution in [3.63, 3.8) is 0 Å². The first-order chi connectivity index (χ1) is 7.97. The third-order valence-corrected chi connectivity index (χ3v) is 2.47. The minimum atomic E-state index is 1.06. The van der Waals surface area contributed by atoms with Crippen LogP contribution in [0.25, 0.3) is 10.9 Å². The highest BCUT2D eigenvalue weighted by Crippen LogP contribution is 2.07. The molecule has 0 saturated carbocycles. The molecule has 1 aliphatic rings. The quantitative estimate of drug-likeness (QED) is 0.698. The van der Waals surface area contributed by atoms with E-state index in [1.165, 1.54) is 5.39 Å². The Bertz CT molecular complexity index is 347. The number of nitrogens with one attached hydrogen (secondary N) is 2. The molecule has 16 heavy (non-hydrogen) atoms. The largest absolute Gasteiger partial charge is 0.314 e. The van der Waals surface area contributed by atoms with Crippen LogP contribution in [0.2, 0.25) is 0 Å². The van der Waals surface area contributed by atoms with E-state index in [9.17, 15) is 0 Å². The molecule has 3 rings (SSSR count). The molecule has 3 nitrogen and oxygen atoms in total.